The number of hydrogen-bond acceptors (Lipinski definition) is 6. The van der Waals surface area contributed by atoms with Gasteiger partial charge in [0, 0.05) is 50.0 Å². The lowest BCUT2D eigenvalue weighted by molar-refractivity contribution is 0.172. The molecule has 0 fully saturated rings. The van der Waals surface area contributed by atoms with Gasteiger partial charge in [-0.3, -0.25) is 0 Å². The van der Waals surface area contributed by atoms with E-state index in [4.69, 9.17) is 18.3 Å². The number of aryl methyl sites for hydroxylation is 1. The number of benzene rings is 9. The van der Waals surface area contributed by atoms with Crippen LogP contribution >= 0.6 is 0 Å². The van der Waals surface area contributed by atoms with Crippen LogP contribution < -0.4 is 35.7 Å². The van der Waals surface area contributed by atoms with E-state index < -0.39 is 0 Å². The number of nitrogens with zero attached hydrogens (tertiary/aromatic N) is 2. The van der Waals surface area contributed by atoms with Crippen molar-refractivity contribution in [1.82, 2.24) is 0 Å². The van der Waals surface area contributed by atoms with Crippen molar-refractivity contribution in [3.8, 4) is 33.8 Å². The zero-order valence-corrected chi connectivity index (χ0v) is 38.3. The second-order valence-electron chi connectivity index (χ2n) is 19.6. The molecule has 5 heterocycles. The third-order valence-electron chi connectivity index (χ3n) is 14.4. The first-order valence-corrected chi connectivity index (χ1v) is 23.6. The predicted octanol–water partition coefficient (Wildman–Crippen LogP) is 14.3. The topological polar surface area (TPSA) is 51.2 Å². The zero-order chi connectivity index (χ0) is 45.4. The summed E-state index contributed by atoms with van der Waals surface area (Å²) in [4.78, 5) is 4.91. The molecule has 0 N–H and O–H groups in total. The Labute approximate surface area is 394 Å². The van der Waals surface area contributed by atoms with E-state index >= 15 is 0 Å². The van der Waals surface area contributed by atoms with Crippen molar-refractivity contribution in [2.75, 3.05) is 23.0 Å². The van der Waals surface area contributed by atoms with Gasteiger partial charge in [-0.05, 0) is 147 Å². The molecule has 0 atom stereocenters. The van der Waals surface area contributed by atoms with Gasteiger partial charge in [0.05, 0.1) is 5.69 Å². The maximum Gasteiger partial charge on any atom is 0.252 e. The Morgan fingerprint density at radius 1 is 0.441 bits per heavy atom. The molecule has 11 aromatic rings. The van der Waals surface area contributed by atoms with Crippen LogP contribution in [0.25, 0.3) is 66.1 Å². The number of rotatable bonds is 4. The molecule has 326 valence electrons. The normalized spacial score (nSPS) is 13.9. The van der Waals surface area contributed by atoms with Gasteiger partial charge < -0.3 is 28.1 Å². The summed E-state index contributed by atoms with van der Waals surface area (Å²) in [5.41, 5.74) is 20.8. The molecule has 0 bridgehead atoms. The van der Waals surface area contributed by atoms with Crippen molar-refractivity contribution >= 4 is 101 Å². The molecule has 2 aromatic heterocycles. The van der Waals surface area contributed by atoms with Crippen LogP contribution in [0.4, 0.5) is 34.1 Å². The lowest BCUT2D eigenvalue weighted by Crippen LogP contribution is -2.61. The largest absolute Gasteiger partial charge is 0.486 e. The molecule has 68 heavy (non-hydrogen) atoms. The highest BCUT2D eigenvalue weighted by Crippen LogP contribution is 2.50. The molecule has 0 spiro atoms. The van der Waals surface area contributed by atoms with Crippen molar-refractivity contribution in [3.05, 3.63) is 187 Å². The molecule has 3 aliphatic heterocycles. The molecule has 0 aliphatic carbocycles. The lowest BCUT2D eigenvalue weighted by atomic mass is 9.33. The fourth-order valence-electron chi connectivity index (χ4n) is 11.2. The number of para-hydroxylation sites is 3. The fraction of sp³-hybridized carbons (Fsp3) is 0.115. The Bertz CT molecular complexity index is 3900. The first-order chi connectivity index (χ1) is 33.2. The molecule has 0 saturated heterocycles. The Hall–Kier alpha value is -8.16. The van der Waals surface area contributed by atoms with E-state index in [2.05, 4.69) is 183 Å². The average Bonchev–Trinajstić information content (AvgIpc) is 3.93. The van der Waals surface area contributed by atoms with Crippen molar-refractivity contribution in [1.29, 1.82) is 0 Å². The Morgan fingerprint density at radius 2 is 1.00 bits per heavy atom. The molecule has 7 heteroatoms. The standard InChI is InChI=1S/C61H45BN2O4/c1-36-30-52-59-53(31-36)64(51-12-9-15-56-60(51)66-29-28-65-56)50-27-21-41(61(2,3)4)35-48(50)62(59)47-32-38(40-19-25-46-44-11-6-8-14-55(44)68-58(46)34-40)20-26-49(47)63(52)42-22-16-37(17-23-42)39-18-24-45-43-10-5-7-13-54(43)67-57(45)33-39/h5-27,30-35H,28-29H2,1-4H3. The predicted molar refractivity (Wildman–Crippen MR) is 280 cm³/mol. The summed E-state index contributed by atoms with van der Waals surface area (Å²) in [5, 5.41) is 4.51. The van der Waals surface area contributed by atoms with Crippen LogP contribution in [-0.4, -0.2) is 19.9 Å². The summed E-state index contributed by atoms with van der Waals surface area (Å²) < 4.78 is 25.5. The van der Waals surface area contributed by atoms with Crippen molar-refractivity contribution in [2.24, 2.45) is 0 Å². The fourth-order valence-corrected chi connectivity index (χ4v) is 11.2. The maximum atomic E-state index is 6.50. The van der Waals surface area contributed by atoms with Crippen LogP contribution in [-0.2, 0) is 5.41 Å². The van der Waals surface area contributed by atoms with Crippen LogP contribution in [0.15, 0.2) is 185 Å². The van der Waals surface area contributed by atoms with Gasteiger partial charge in [0.15, 0.2) is 11.5 Å². The molecule has 3 aliphatic rings. The molecule has 0 amide bonds. The number of ether oxygens (including phenoxy) is 2. The van der Waals surface area contributed by atoms with Gasteiger partial charge in [0.25, 0.3) is 6.71 Å². The number of hydrogen-bond donors (Lipinski definition) is 0. The van der Waals surface area contributed by atoms with Gasteiger partial charge in [-0.2, -0.15) is 0 Å². The third kappa shape index (κ3) is 5.84. The average molecular weight is 881 g/mol. The molecular formula is C61H45BN2O4. The number of anilines is 6. The molecule has 6 nitrogen and oxygen atoms in total. The summed E-state index contributed by atoms with van der Waals surface area (Å²) in [6.07, 6.45) is 0. The van der Waals surface area contributed by atoms with E-state index in [1.165, 1.54) is 27.5 Å². The van der Waals surface area contributed by atoms with Gasteiger partial charge in [-0.15, -0.1) is 0 Å². The first-order valence-electron chi connectivity index (χ1n) is 23.6. The molecule has 14 rings (SSSR count). The summed E-state index contributed by atoms with van der Waals surface area (Å²) in [6.45, 7) is 10.1. The van der Waals surface area contributed by atoms with E-state index in [-0.39, 0.29) is 12.1 Å². The Kier molecular flexibility index (Phi) is 8.28. The van der Waals surface area contributed by atoms with E-state index in [0.29, 0.717) is 13.2 Å². The van der Waals surface area contributed by atoms with Gasteiger partial charge in [0.2, 0.25) is 0 Å². The van der Waals surface area contributed by atoms with Crippen LogP contribution in [0.5, 0.6) is 11.5 Å². The van der Waals surface area contributed by atoms with Crippen LogP contribution in [0.1, 0.15) is 31.9 Å². The third-order valence-corrected chi connectivity index (χ3v) is 14.4. The Morgan fingerprint density at radius 3 is 1.71 bits per heavy atom. The summed E-state index contributed by atoms with van der Waals surface area (Å²) in [6, 6.07) is 63.9. The van der Waals surface area contributed by atoms with E-state index in [1.807, 2.05) is 30.3 Å². The lowest BCUT2D eigenvalue weighted by Gasteiger charge is -2.45. The van der Waals surface area contributed by atoms with Gasteiger partial charge in [-0.1, -0.05) is 112 Å². The van der Waals surface area contributed by atoms with Crippen LogP contribution in [0.2, 0.25) is 0 Å². The monoisotopic (exact) mass is 880 g/mol. The van der Waals surface area contributed by atoms with E-state index in [1.54, 1.807) is 0 Å². The molecule has 0 radical (unpaired) electrons. The SMILES string of the molecule is Cc1cc2c3c(c1)N(c1cccc4c1OCCO4)c1ccc(C(C)(C)C)cc1B3c1cc(-c3ccc4c(c3)oc3ccccc34)ccc1N2c1ccc(-c2ccc3c(c2)oc2ccccc23)cc1. The minimum absolute atomic E-state index is 0.0802. The highest BCUT2D eigenvalue weighted by atomic mass is 16.6. The van der Waals surface area contributed by atoms with Crippen molar-refractivity contribution in [3.63, 3.8) is 0 Å². The Balaban J connectivity index is 0.994. The van der Waals surface area contributed by atoms with Gasteiger partial charge in [0.1, 0.15) is 35.5 Å². The molecular weight excluding hydrogens is 835 g/mol. The number of furan rings is 2. The van der Waals surface area contributed by atoms with Crippen molar-refractivity contribution < 1.29 is 18.3 Å². The zero-order valence-electron chi connectivity index (χ0n) is 38.3. The highest BCUT2D eigenvalue weighted by Gasteiger charge is 2.45. The van der Waals surface area contributed by atoms with E-state index in [9.17, 15) is 0 Å². The summed E-state index contributed by atoms with van der Waals surface area (Å²) in [5.74, 6) is 1.54. The number of fused-ring (bicyclic) bond motifs is 11. The smallest absolute Gasteiger partial charge is 0.252 e. The molecule has 0 saturated carbocycles. The minimum Gasteiger partial charge on any atom is -0.486 e. The second-order valence-corrected chi connectivity index (χ2v) is 19.6. The minimum atomic E-state index is -0.0817. The second kappa shape index (κ2) is 14.4. The van der Waals surface area contributed by atoms with Crippen LogP contribution in [0.3, 0.4) is 0 Å². The highest BCUT2D eigenvalue weighted by molar-refractivity contribution is 7.00. The molecule has 9 aromatic carbocycles. The summed E-state index contributed by atoms with van der Waals surface area (Å²) in [7, 11) is 0. The van der Waals surface area contributed by atoms with E-state index in [0.717, 1.165) is 112 Å². The maximum absolute atomic E-state index is 6.50. The van der Waals surface area contributed by atoms with Gasteiger partial charge in [-0.25, -0.2) is 0 Å². The molecule has 0 unspecified atom stereocenters. The van der Waals surface area contributed by atoms with Gasteiger partial charge >= 0.3 is 0 Å². The van der Waals surface area contributed by atoms with Crippen molar-refractivity contribution in [2.45, 2.75) is 33.1 Å². The quantitative estimate of drug-likeness (QED) is 0.164. The summed E-state index contributed by atoms with van der Waals surface area (Å²) >= 11 is 0. The first kappa shape index (κ1) is 39.1. The van der Waals surface area contributed by atoms with Crippen LogP contribution in [0, 0.1) is 6.92 Å².